The summed E-state index contributed by atoms with van der Waals surface area (Å²) in [5.74, 6) is -1.25. The molecule has 25 heavy (non-hydrogen) atoms. The zero-order valence-corrected chi connectivity index (χ0v) is 16.4. The van der Waals surface area contributed by atoms with Crippen LogP contribution in [0.2, 0.25) is 18.1 Å². The van der Waals surface area contributed by atoms with Crippen molar-refractivity contribution in [1.29, 1.82) is 0 Å². The third-order valence-corrected chi connectivity index (χ3v) is 8.91. The number of carboxylic acids is 1. The van der Waals surface area contributed by atoms with E-state index in [-0.39, 0.29) is 29.0 Å². The molecule has 1 unspecified atom stereocenters. The van der Waals surface area contributed by atoms with E-state index in [0.717, 1.165) is 0 Å². The molecular formula is C15H26N4O5Si. The molecule has 10 heteroatoms. The maximum absolute atomic E-state index is 11.3. The molecule has 1 aromatic heterocycles. The number of rotatable bonds is 7. The van der Waals surface area contributed by atoms with Crippen molar-refractivity contribution >= 4 is 31.6 Å². The molecular weight excluding hydrogens is 344 g/mol. The Kier molecular flexibility index (Phi) is 6.13. The molecule has 0 radical (unpaired) electrons. The van der Waals surface area contributed by atoms with Gasteiger partial charge in [-0.2, -0.15) is 0 Å². The summed E-state index contributed by atoms with van der Waals surface area (Å²) in [6.07, 6.45) is 0. The van der Waals surface area contributed by atoms with Gasteiger partial charge < -0.3 is 20.6 Å². The van der Waals surface area contributed by atoms with Crippen molar-refractivity contribution in [3.8, 4) is 0 Å². The number of nitro groups is 1. The topological polar surface area (TPSA) is 141 Å². The monoisotopic (exact) mass is 370 g/mol. The molecule has 0 saturated carbocycles. The summed E-state index contributed by atoms with van der Waals surface area (Å²) < 4.78 is 6.04. The number of carbonyl (C=O) groups is 1. The molecule has 0 aliphatic carbocycles. The van der Waals surface area contributed by atoms with E-state index in [1.165, 1.54) is 13.0 Å². The highest BCUT2D eigenvalue weighted by Crippen LogP contribution is 2.37. The van der Waals surface area contributed by atoms with Gasteiger partial charge in [-0.3, -0.25) is 14.9 Å². The van der Waals surface area contributed by atoms with Gasteiger partial charge >= 0.3 is 11.7 Å². The van der Waals surface area contributed by atoms with Crippen LogP contribution in [0.1, 0.15) is 33.3 Å². The smallest absolute Gasteiger partial charge is 0.325 e. The van der Waals surface area contributed by atoms with Crippen LogP contribution in [-0.4, -0.2) is 35.3 Å². The van der Waals surface area contributed by atoms with Crippen molar-refractivity contribution in [2.45, 2.75) is 58.5 Å². The van der Waals surface area contributed by atoms with Crippen LogP contribution in [0.3, 0.4) is 0 Å². The SMILES string of the molecule is CC(Nc1nc(N)c(CO[Si](C)(C)C(C)(C)C)cc1[N+](=O)[O-])C(=O)O. The zero-order valence-electron chi connectivity index (χ0n) is 15.4. The molecule has 9 nitrogen and oxygen atoms in total. The number of pyridine rings is 1. The lowest BCUT2D eigenvalue weighted by Gasteiger charge is -2.36. The third-order valence-electron chi connectivity index (χ3n) is 4.43. The lowest BCUT2D eigenvalue weighted by atomic mass is 10.2. The van der Waals surface area contributed by atoms with Crippen molar-refractivity contribution in [2.24, 2.45) is 0 Å². The number of nitrogen functional groups attached to an aromatic ring is 1. The number of aromatic nitrogens is 1. The van der Waals surface area contributed by atoms with Crippen molar-refractivity contribution in [3.05, 3.63) is 21.7 Å². The normalized spacial score (nSPS) is 13.4. The average Bonchev–Trinajstić information content (AvgIpc) is 2.44. The first-order valence-corrected chi connectivity index (χ1v) is 10.7. The van der Waals surface area contributed by atoms with E-state index in [9.17, 15) is 14.9 Å². The number of carboxylic acid groups (broad SMARTS) is 1. The quantitative estimate of drug-likeness (QED) is 0.378. The fourth-order valence-electron chi connectivity index (χ4n) is 1.66. The summed E-state index contributed by atoms with van der Waals surface area (Å²) in [5, 5.41) is 22.7. The average molecular weight is 370 g/mol. The van der Waals surface area contributed by atoms with Gasteiger partial charge in [-0.1, -0.05) is 20.8 Å². The number of aliphatic carboxylic acids is 1. The van der Waals surface area contributed by atoms with E-state index in [1.54, 1.807) is 0 Å². The van der Waals surface area contributed by atoms with E-state index < -0.39 is 25.3 Å². The Labute approximate surface area is 147 Å². The molecule has 0 aromatic carbocycles. The molecule has 0 aliphatic rings. The Morgan fingerprint density at radius 1 is 1.52 bits per heavy atom. The van der Waals surface area contributed by atoms with E-state index in [4.69, 9.17) is 15.3 Å². The number of anilines is 2. The van der Waals surface area contributed by atoms with Crippen LogP contribution in [0.4, 0.5) is 17.3 Å². The number of hydrogen-bond acceptors (Lipinski definition) is 7. The first kappa shape index (κ1) is 20.8. The van der Waals surface area contributed by atoms with Gasteiger partial charge in [0.25, 0.3) is 0 Å². The summed E-state index contributed by atoms with van der Waals surface area (Å²) in [6, 6.07) is 0.242. The second kappa shape index (κ2) is 7.36. The predicted octanol–water partition coefficient (Wildman–Crippen LogP) is 2.98. The van der Waals surface area contributed by atoms with Gasteiger partial charge in [0, 0.05) is 11.6 Å². The van der Waals surface area contributed by atoms with Gasteiger partial charge in [0.2, 0.25) is 5.82 Å². The Morgan fingerprint density at radius 3 is 2.52 bits per heavy atom. The minimum atomic E-state index is -2.06. The molecule has 0 spiro atoms. The first-order chi connectivity index (χ1) is 11.3. The molecule has 0 bridgehead atoms. The van der Waals surface area contributed by atoms with Gasteiger partial charge in [-0.05, 0) is 25.1 Å². The summed E-state index contributed by atoms with van der Waals surface area (Å²) in [4.78, 5) is 25.6. The molecule has 0 fully saturated rings. The largest absolute Gasteiger partial charge is 0.480 e. The molecule has 0 saturated heterocycles. The van der Waals surface area contributed by atoms with Crippen LogP contribution in [0, 0.1) is 10.1 Å². The minimum absolute atomic E-state index is 0.0143. The van der Waals surface area contributed by atoms with Gasteiger partial charge in [-0.15, -0.1) is 0 Å². The second-order valence-electron chi connectivity index (χ2n) is 7.41. The van der Waals surface area contributed by atoms with Crippen LogP contribution in [-0.2, 0) is 15.8 Å². The van der Waals surface area contributed by atoms with E-state index in [1.807, 2.05) is 0 Å². The lowest BCUT2D eigenvalue weighted by Crippen LogP contribution is -2.40. The number of nitrogens with one attached hydrogen (secondary N) is 1. The predicted molar refractivity (Wildman–Crippen MR) is 98.0 cm³/mol. The Bertz CT molecular complexity index is 673. The maximum atomic E-state index is 11.3. The van der Waals surface area contributed by atoms with Crippen LogP contribution in [0.15, 0.2) is 6.07 Å². The maximum Gasteiger partial charge on any atom is 0.325 e. The number of nitrogens with zero attached hydrogens (tertiary/aromatic N) is 2. The van der Waals surface area contributed by atoms with Crippen molar-refractivity contribution < 1.29 is 19.3 Å². The second-order valence-corrected chi connectivity index (χ2v) is 12.2. The van der Waals surface area contributed by atoms with Crippen LogP contribution in [0.5, 0.6) is 0 Å². The Hall–Kier alpha value is -2.20. The molecule has 140 valence electrons. The molecule has 1 heterocycles. The fourth-order valence-corrected chi connectivity index (χ4v) is 2.61. The summed E-state index contributed by atoms with van der Waals surface area (Å²) in [6.45, 7) is 11.9. The van der Waals surface area contributed by atoms with Gasteiger partial charge in [0.1, 0.15) is 11.9 Å². The summed E-state index contributed by atoms with van der Waals surface area (Å²) in [5.41, 5.74) is 5.97. The molecule has 1 rings (SSSR count). The van der Waals surface area contributed by atoms with E-state index in [0.29, 0.717) is 5.56 Å². The third kappa shape index (κ3) is 5.13. The molecule has 4 N–H and O–H groups in total. The van der Waals surface area contributed by atoms with E-state index in [2.05, 4.69) is 44.2 Å². The highest BCUT2D eigenvalue weighted by atomic mass is 28.4. The highest BCUT2D eigenvalue weighted by Gasteiger charge is 2.37. The zero-order chi connectivity index (χ0) is 19.6. The van der Waals surface area contributed by atoms with Crippen LogP contribution in [0.25, 0.3) is 0 Å². The molecule has 1 atom stereocenters. The Balaban J connectivity index is 3.13. The van der Waals surface area contributed by atoms with Gasteiger partial charge in [-0.25, -0.2) is 4.98 Å². The summed E-state index contributed by atoms with van der Waals surface area (Å²) in [7, 11) is -2.06. The number of nitrogens with two attached hydrogens (primary N) is 1. The summed E-state index contributed by atoms with van der Waals surface area (Å²) >= 11 is 0. The lowest BCUT2D eigenvalue weighted by molar-refractivity contribution is -0.384. The van der Waals surface area contributed by atoms with Crippen LogP contribution >= 0.6 is 0 Å². The van der Waals surface area contributed by atoms with Crippen molar-refractivity contribution in [1.82, 2.24) is 4.98 Å². The van der Waals surface area contributed by atoms with Crippen LogP contribution < -0.4 is 11.1 Å². The molecule has 1 aromatic rings. The number of hydrogen-bond donors (Lipinski definition) is 3. The molecule has 0 amide bonds. The minimum Gasteiger partial charge on any atom is -0.480 e. The Morgan fingerprint density at radius 2 is 2.08 bits per heavy atom. The standard InChI is InChI=1S/C15H26N4O5Si/c1-9(14(20)21)17-13-11(19(22)23)7-10(12(16)18-13)8-24-25(5,6)15(2,3)4/h7,9H,8H2,1-6H3,(H,20,21)(H3,16,17,18). The van der Waals surface area contributed by atoms with Crippen molar-refractivity contribution in [3.63, 3.8) is 0 Å². The fraction of sp³-hybridized carbons (Fsp3) is 0.600. The van der Waals surface area contributed by atoms with E-state index >= 15 is 0 Å². The van der Waals surface area contributed by atoms with Crippen molar-refractivity contribution in [2.75, 3.05) is 11.1 Å². The highest BCUT2D eigenvalue weighted by molar-refractivity contribution is 6.74. The molecule has 0 aliphatic heterocycles. The first-order valence-electron chi connectivity index (χ1n) is 7.83. The van der Waals surface area contributed by atoms with Gasteiger partial charge in [0.15, 0.2) is 8.32 Å². The van der Waals surface area contributed by atoms with Gasteiger partial charge in [0.05, 0.1) is 11.5 Å².